The fourth-order valence-corrected chi connectivity index (χ4v) is 5.17. The summed E-state index contributed by atoms with van der Waals surface area (Å²) in [5, 5.41) is 0. The lowest BCUT2D eigenvalue weighted by molar-refractivity contribution is -0.870. The fraction of sp³-hybridized carbons (Fsp3) is 0.938. The third kappa shape index (κ3) is 29.1. The van der Waals surface area contributed by atoms with Crippen molar-refractivity contribution >= 4 is 19.8 Å². The van der Waals surface area contributed by atoms with E-state index in [1.54, 1.807) is 0 Å². The van der Waals surface area contributed by atoms with Gasteiger partial charge in [-0.15, -0.1) is 0 Å². The number of phosphoric ester groups is 1. The number of carbonyl (C=O) groups excluding carboxylic acids is 2. The van der Waals surface area contributed by atoms with Gasteiger partial charge in [-0.1, -0.05) is 117 Å². The molecule has 0 aliphatic heterocycles. The van der Waals surface area contributed by atoms with E-state index >= 15 is 0 Å². The average Bonchev–Trinajstić information content (AvgIpc) is 2.91. The molecule has 0 spiro atoms. The van der Waals surface area contributed by atoms with E-state index in [4.69, 9.17) is 18.5 Å². The Bertz CT molecular complexity index is 713. The maximum absolute atomic E-state index is 12.5. The summed E-state index contributed by atoms with van der Waals surface area (Å²) in [5.41, 5.74) is 0. The van der Waals surface area contributed by atoms with Crippen LogP contribution in [0.25, 0.3) is 0 Å². The highest BCUT2D eigenvalue weighted by Gasteiger charge is 2.27. The quantitative estimate of drug-likeness (QED) is 0.0370. The van der Waals surface area contributed by atoms with E-state index in [0.717, 1.165) is 44.9 Å². The molecule has 250 valence electrons. The summed E-state index contributed by atoms with van der Waals surface area (Å²) in [5.74, 6) is -0.809. The van der Waals surface area contributed by atoms with Crippen molar-refractivity contribution in [2.45, 2.75) is 148 Å². The number of esters is 2. The van der Waals surface area contributed by atoms with E-state index in [2.05, 4.69) is 13.8 Å². The molecule has 0 aliphatic rings. The zero-order chi connectivity index (χ0) is 31.5. The molecule has 0 saturated carbocycles. The number of nitrogens with zero attached hydrogens (tertiary/aromatic N) is 1. The predicted molar refractivity (Wildman–Crippen MR) is 169 cm³/mol. The number of hydrogen-bond acceptors (Lipinski definition) is 7. The molecule has 0 heterocycles. The lowest BCUT2D eigenvalue weighted by Crippen LogP contribution is -2.37. The third-order valence-electron chi connectivity index (χ3n) is 7.14. The Hall–Kier alpha value is -0.990. The molecule has 10 heteroatoms. The number of quaternary nitrogens is 1. The molecule has 0 radical (unpaired) electrons. The Morgan fingerprint density at radius 3 is 1.52 bits per heavy atom. The zero-order valence-electron chi connectivity index (χ0n) is 27.7. The Morgan fingerprint density at radius 1 is 0.643 bits per heavy atom. The van der Waals surface area contributed by atoms with E-state index in [1.807, 2.05) is 21.1 Å². The maximum atomic E-state index is 12.5. The molecule has 0 amide bonds. The van der Waals surface area contributed by atoms with Crippen LogP contribution in [0.5, 0.6) is 0 Å². The van der Waals surface area contributed by atoms with Crippen LogP contribution < -0.4 is 0 Å². The van der Waals surface area contributed by atoms with Crippen LogP contribution >= 0.6 is 7.82 Å². The first-order chi connectivity index (χ1) is 20.0. The smallest absolute Gasteiger partial charge is 0.462 e. The molecule has 9 nitrogen and oxygen atoms in total. The van der Waals surface area contributed by atoms with Crippen LogP contribution in [-0.2, 0) is 32.7 Å². The van der Waals surface area contributed by atoms with Crippen molar-refractivity contribution in [1.29, 1.82) is 0 Å². The Kier molecular flexibility index (Phi) is 25.8. The van der Waals surface area contributed by atoms with E-state index in [9.17, 15) is 19.0 Å². The van der Waals surface area contributed by atoms with E-state index in [1.165, 1.54) is 64.2 Å². The van der Waals surface area contributed by atoms with E-state index in [0.29, 0.717) is 17.4 Å². The summed E-state index contributed by atoms with van der Waals surface area (Å²) < 4.78 is 33.8. The van der Waals surface area contributed by atoms with Crippen molar-refractivity contribution in [2.75, 3.05) is 47.5 Å². The molecule has 0 aromatic rings. The molecule has 0 fully saturated rings. The van der Waals surface area contributed by atoms with Crippen LogP contribution in [0.3, 0.4) is 0 Å². The minimum absolute atomic E-state index is 0.0355. The molecule has 1 unspecified atom stereocenters. The van der Waals surface area contributed by atoms with Crippen LogP contribution in [0.2, 0.25) is 0 Å². The standard InChI is InChI=1S/C32H64NO8P/c1-6-8-10-12-13-14-15-16-17-18-19-21-23-25-32(35)41-30(28-38-31(34)24-22-20-11-9-7-2)29-40-42(36,37)39-27-26-33(3,4)5/h30H,6-29H2,1-5H3/p+1/t30-/m1/s1. The number of unbranched alkanes of at least 4 members (excludes halogenated alkanes) is 16. The highest BCUT2D eigenvalue weighted by atomic mass is 31.2. The first-order valence-electron chi connectivity index (χ1n) is 16.8. The second-order valence-electron chi connectivity index (χ2n) is 12.6. The fourth-order valence-electron chi connectivity index (χ4n) is 4.42. The van der Waals surface area contributed by atoms with Crippen LogP contribution in [0.15, 0.2) is 0 Å². The summed E-state index contributed by atoms with van der Waals surface area (Å²) in [6.07, 6.45) is 20.4. The lowest BCUT2D eigenvalue weighted by Gasteiger charge is -2.24. The van der Waals surface area contributed by atoms with Gasteiger partial charge in [0.25, 0.3) is 0 Å². The number of hydrogen-bond donors (Lipinski definition) is 1. The molecule has 0 aromatic carbocycles. The highest BCUT2D eigenvalue weighted by Crippen LogP contribution is 2.43. The second-order valence-corrected chi connectivity index (χ2v) is 14.0. The summed E-state index contributed by atoms with van der Waals surface area (Å²) in [7, 11) is 1.48. The average molecular weight is 623 g/mol. The summed E-state index contributed by atoms with van der Waals surface area (Å²) in [4.78, 5) is 34.7. The lowest BCUT2D eigenvalue weighted by atomic mass is 10.0. The van der Waals surface area contributed by atoms with Gasteiger partial charge in [-0.25, -0.2) is 4.57 Å². The van der Waals surface area contributed by atoms with Crippen LogP contribution in [0, 0.1) is 0 Å². The normalized spacial score (nSPS) is 14.0. The minimum Gasteiger partial charge on any atom is -0.462 e. The van der Waals surface area contributed by atoms with Gasteiger partial charge in [0.15, 0.2) is 6.10 Å². The van der Waals surface area contributed by atoms with E-state index < -0.39 is 26.5 Å². The number of likely N-dealkylation sites (N-methyl/N-ethyl adjacent to an activating group) is 1. The van der Waals surface area contributed by atoms with Gasteiger partial charge in [-0.2, -0.15) is 0 Å². The number of ether oxygens (including phenoxy) is 2. The van der Waals surface area contributed by atoms with Gasteiger partial charge in [-0.05, 0) is 12.8 Å². The first kappa shape index (κ1) is 41.0. The van der Waals surface area contributed by atoms with Crippen LogP contribution in [0.1, 0.15) is 142 Å². The van der Waals surface area contributed by atoms with Gasteiger partial charge in [-0.3, -0.25) is 18.6 Å². The Morgan fingerprint density at radius 2 is 1.07 bits per heavy atom. The third-order valence-corrected chi connectivity index (χ3v) is 8.12. The SMILES string of the molecule is CCCCCCCCCCCCCCCC(=O)O[C@H](COC(=O)CCCCCCC)COP(=O)(O)OCC[N+](C)(C)C. The minimum atomic E-state index is -4.34. The molecule has 0 saturated heterocycles. The summed E-state index contributed by atoms with van der Waals surface area (Å²) in [6, 6.07) is 0. The number of phosphoric acid groups is 1. The Labute approximate surface area is 257 Å². The monoisotopic (exact) mass is 622 g/mol. The van der Waals surface area contributed by atoms with Gasteiger partial charge < -0.3 is 18.9 Å². The van der Waals surface area contributed by atoms with Crippen molar-refractivity contribution in [3.05, 3.63) is 0 Å². The van der Waals surface area contributed by atoms with Crippen molar-refractivity contribution in [3.63, 3.8) is 0 Å². The highest BCUT2D eigenvalue weighted by molar-refractivity contribution is 7.47. The molecule has 0 rings (SSSR count). The van der Waals surface area contributed by atoms with Gasteiger partial charge in [0.1, 0.15) is 19.8 Å². The number of rotatable bonds is 30. The van der Waals surface area contributed by atoms with Crippen molar-refractivity contribution in [2.24, 2.45) is 0 Å². The van der Waals surface area contributed by atoms with Gasteiger partial charge in [0.2, 0.25) is 0 Å². The second kappa shape index (κ2) is 26.4. The van der Waals surface area contributed by atoms with Crippen molar-refractivity contribution < 1.29 is 42.1 Å². The molecule has 0 aromatic heterocycles. The molecule has 42 heavy (non-hydrogen) atoms. The molecular weight excluding hydrogens is 557 g/mol. The van der Waals surface area contributed by atoms with Gasteiger partial charge in [0, 0.05) is 12.8 Å². The molecule has 0 aliphatic carbocycles. The summed E-state index contributed by atoms with van der Waals surface area (Å²) >= 11 is 0. The topological polar surface area (TPSA) is 108 Å². The molecule has 0 bridgehead atoms. The predicted octanol–water partition coefficient (Wildman–Crippen LogP) is 8.12. The largest absolute Gasteiger partial charge is 0.472 e. The number of carbonyl (C=O) groups is 2. The molecule has 1 N–H and O–H groups in total. The maximum Gasteiger partial charge on any atom is 0.472 e. The Balaban J connectivity index is 4.40. The molecular formula is C32H65NO8P+. The molecule has 2 atom stereocenters. The van der Waals surface area contributed by atoms with Crippen LogP contribution in [-0.4, -0.2) is 74.9 Å². The van der Waals surface area contributed by atoms with E-state index in [-0.39, 0.29) is 32.0 Å². The first-order valence-corrected chi connectivity index (χ1v) is 18.3. The van der Waals surface area contributed by atoms with Crippen molar-refractivity contribution in [3.8, 4) is 0 Å². The van der Waals surface area contributed by atoms with Gasteiger partial charge >= 0.3 is 19.8 Å². The van der Waals surface area contributed by atoms with Gasteiger partial charge in [0.05, 0.1) is 27.7 Å². The summed E-state index contributed by atoms with van der Waals surface area (Å²) in [6.45, 7) is 4.31. The van der Waals surface area contributed by atoms with Crippen LogP contribution in [0.4, 0.5) is 0 Å². The van der Waals surface area contributed by atoms with Crippen molar-refractivity contribution in [1.82, 2.24) is 0 Å². The zero-order valence-corrected chi connectivity index (χ0v) is 28.6.